The average molecular weight is 327 g/mol. The van der Waals surface area contributed by atoms with E-state index < -0.39 is 0 Å². The molecule has 0 aromatic heterocycles. The maximum absolute atomic E-state index is 5.73. The van der Waals surface area contributed by atoms with E-state index in [2.05, 4.69) is 11.9 Å². The second kappa shape index (κ2) is 7.75. The van der Waals surface area contributed by atoms with Crippen LogP contribution in [0.3, 0.4) is 0 Å². The van der Waals surface area contributed by atoms with E-state index in [-0.39, 0.29) is 6.79 Å². The highest BCUT2D eigenvalue weighted by atomic mass is 16.7. The predicted molar refractivity (Wildman–Crippen MR) is 91.9 cm³/mol. The smallest absolute Gasteiger partial charge is 0.231 e. The van der Waals surface area contributed by atoms with Gasteiger partial charge in [0, 0.05) is 19.2 Å². The molecule has 24 heavy (non-hydrogen) atoms. The molecule has 5 heteroatoms. The first-order valence-electron chi connectivity index (χ1n) is 7.77. The first-order chi connectivity index (χ1) is 11.7. The van der Waals surface area contributed by atoms with Gasteiger partial charge in [-0.05, 0) is 35.4 Å². The van der Waals surface area contributed by atoms with Crippen molar-refractivity contribution in [3.05, 3.63) is 60.2 Å². The molecule has 1 heterocycles. The Balaban J connectivity index is 1.39. The summed E-state index contributed by atoms with van der Waals surface area (Å²) in [5, 5.41) is 3.35. The lowest BCUT2D eigenvalue weighted by atomic mass is 10.2. The van der Waals surface area contributed by atoms with Gasteiger partial charge in [-0.1, -0.05) is 18.7 Å². The lowest BCUT2D eigenvalue weighted by Gasteiger charge is -2.11. The van der Waals surface area contributed by atoms with Crippen LogP contribution in [0.1, 0.15) is 5.56 Å². The van der Waals surface area contributed by atoms with Crippen LogP contribution < -0.4 is 24.3 Å². The van der Waals surface area contributed by atoms with Crippen molar-refractivity contribution in [2.24, 2.45) is 0 Å². The number of fused-ring (bicyclic) bond motifs is 1. The second-order valence-electron chi connectivity index (χ2n) is 5.51. The molecule has 0 bridgehead atoms. The second-order valence-corrected chi connectivity index (χ2v) is 5.51. The normalized spacial score (nSPS) is 12.0. The number of ether oxygens (including phenoxy) is 4. The van der Waals surface area contributed by atoms with Gasteiger partial charge in [-0.2, -0.15) is 0 Å². The zero-order valence-corrected chi connectivity index (χ0v) is 13.7. The van der Waals surface area contributed by atoms with E-state index in [4.69, 9.17) is 18.9 Å². The Morgan fingerprint density at radius 3 is 2.62 bits per heavy atom. The first kappa shape index (κ1) is 16.2. The fraction of sp³-hybridized carbons (Fsp3) is 0.263. The van der Waals surface area contributed by atoms with E-state index in [0.29, 0.717) is 13.2 Å². The molecular formula is C19H21NO4. The fourth-order valence-electron chi connectivity index (χ4n) is 2.33. The van der Waals surface area contributed by atoms with Crippen molar-refractivity contribution < 1.29 is 18.9 Å². The molecular weight excluding hydrogens is 306 g/mol. The van der Waals surface area contributed by atoms with Gasteiger partial charge in [0.1, 0.15) is 18.1 Å². The van der Waals surface area contributed by atoms with Crippen LogP contribution >= 0.6 is 0 Å². The molecule has 1 aliphatic heterocycles. The van der Waals surface area contributed by atoms with Gasteiger partial charge in [0.15, 0.2) is 11.5 Å². The van der Waals surface area contributed by atoms with E-state index in [0.717, 1.165) is 35.1 Å². The highest BCUT2D eigenvalue weighted by molar-refractivity contribution is 5.46. The van der Waals surface area contributed by atoms with Gasteiger partial charge in [0.25, 0.3) is 0 Å². The van der Waals surface area contributed by atoms with Crippen molar-refractivity contribution in [1.82, 2.24) is 5.32 Å². The van der Waals surface area contributed by atoms with Gasteiger partial charge >= 0.3 is 0 Å². The van der Waals surface area contributed by atoms with Crippen LogP contribution in [0.2, 0.25) is 0 Å². The molecule has 2 aromatic carbocycles. The molecule has 1 N–H and O–H groups in total. The Bertz CT molecular complexity index is 697. The number of benzene rings is 2. The van der Waals surface area contributed by atoms with Crippen molar-refractivity contribution in [3.8, 4) is 23.0 Å². The summed E-state index contributed by atoms with van der Waals surface area (Å²) in [5.74, 6) is 3.08. The summed E-state index contributed by atoms with van der Waals surface area (Å²) in [7, 11) is 1.66. The van der Waals surface area contributed by atoms with Crippen molar-refractivity contribution in [2.45, 2.75) is 6.54 Å². The molecule has 0 aliphatic carbocycles. The lowest BCUT2D eigenvalue weighted by Crippen LogP contribution is -2.19. The minimum Gasteiger partial charge on any atom is -0.497 e. The zero-order chi connectivity index (χ0) is 16.8. The van der Waals surface area contributed by atoms with Gasteiger partial charge in [0.2, 0.25) is 6.79 Å². The number of hydrogen-bond donors (Lipinski definition) is 1. The Kier molecular flexibility index (Phi) is 5.23. The molecule has 2 aromatic rings. The van der Waals surface area contributed by atoms with E-state index in [9.17, 15) is 0 Å². The molecule has 5 nitrogen and oxygen atoms in total. The number of hydrogen-bond acceptors (Lipinski definition) is 5. The van der Waals surface area contributed by atoms with Crippen molar-refractivity contribution in [2.75, 3.05) is 27.1 Å². The number of nitrogens with one attached hydrogen (secondary N) is 1. The lowest BCUT2D eigenvalue weighted by molar-refractivity contribution is 0.174. The minimum absolute atomic E-state index is 0.265. The van der Waals surface area contributed by atoms with E-state index in [1.807, 2.05) is 42.5 Å². The third kappa shape index (κ3) is 4.20. The summed E-state index contributed by atoms with van der Waals surface area (Å²) in [5.41, 5.74) is 2.17. The molecule has 0 unspecified atom stereocenters. The Morgan fingerprint density at radius 1 is 1.08 bits per heavy atom. The van der Waals surface area contributed by atoms with Crippen LogP contribution in [0.5, 0.6) is 23.0 Å². The molecule has 0 atom stereocenters. The molecule has 3 rings (SSSR count). The topological polar surface area (TPSA) is 49.0 Å². The third-order valence-electron chi connectivity index (χ3n) is 3.65. The van der Waals surface area contributed by atoms with Crippen LogP contribution in [0, 0.1) is 0 Å². The van der Waals surface area contributed by atoms with Crippen LogP contribution in [0.4, 0.5) is 0 Å². The summed E-state index contributed by atoms with van der Waals surface area (Å²) in [6.07, 6.45) is 0. The van der Waals surface area contributed by atoms with Gasteiger partial charge in [-0.3, -0.25) is 0 Å². The van der Waals surface area contributed by atoms with Crippen molar-refractivity contribution in [1.29, 1.82) is 0 Å². The zero-order valence-electron chi connectivity index (χ0n) is 13.7. The van der Waals surface area contributed by atoms with Crippen LogP contribution in [0.15, 0.2) is 54.6 Å². The summed E-state index contributed by atoms with van der Waals surface area (Å²) in [6.45, 7) is 6.22. The van der Waals surface area contributed by atoms with Crippen molar-refractivity contribution >= 4 is 0 Å². The molecule has 0 spiro atoms. The van der Waals surface area contributed by atoms with Gasteiger partial charge < -0.3 is 24.3 Å². The van der Waals surface area contributed by atoms with Crippen LogP contribution in [-0.4, -0.2) is 27.1 Å². The number of rotatable bonds is 8. The Labute approximate surface area is 141 Å². The summed E-state index contributed by atoms with van der Waals surface area (Å²) < 4.78 is 21.5. The average Bonchev–Trinajstić information content (AvgIpc) is 3.08. The first-order valence-corrected chi connectivity index (χ1v) is 7.77. The molecule has 0 saturated carbocycles. The SMILES string of the molecule is C=C(CNCc1ccc(OC)cc1)COc1ccc2c(c1)OCO2. The summed E-state index contributed by atoms with van der Waals surface area (Å²) in [4.78, 5) is 0. The minimum atomic E-state index is 0.265. The molecule has 0 fully saturated rings. The van der Waals surface area contributed by atoms with Gasteiger partial charge in [-0.25, -0.2) is 0 Å². The predicted octanol–water partition coefficient (Wildman–Crippen LogP) is 3.15. The standard InChI is InChI=1S/C19H21NO4/c1-14(10-20-11-15-3-5-16(21-2)6-4-15)12-22-17-7-8-18-19(9-17)24-13-23-18/h3-9,20H,1,10-13H2,2H3. The molecule has 0 saturated heterocycles. The quantitative estimate of drug-likeness (QED) is 0.755. The Hall–Kier alpha value is -2.66. The molecule has 126 valence electrons. The molecule has 1 aliphatic rings. The van der Waals surface area contributed by atoms with Gasteiger partial charge in [-0.15, -0.1) is 0 Å². The molecule has 0 amide bonds. The fourth-order valence-corrected chi connectivity index (χ4v) is 2.33. The summed E-state index contributed by atoms with van der Waals surface area (Å²) in [6, 6.07) is 13.5. The highest BCUT2D eigenvalue weighted by Gasteiger charge is 2.13. The van der Waals surface area contributed by atoms with Crippen molar-refractivity contribution in [3.63, 3.8) is 0 Å². The van der Waals surface area contributed by atoms with E-state index in [1.165, 1.54) is 5.56 Å². The summed E-state index contributed by atoms with van der Waals surface area (Å²) >= 11 is 0. The monoisotopic (exact) mass is 327 g/mol. The van der Waals surface area contributed by atoms with E-state index in [1.54, 1.807) is 7.11 Å². The van der Waals surface area contributed by atoms with Crippen LogP contribution in [0.25, 0.3) is 0 Å². The van der Waals surface area contributed by atoms with E-state index >= 15 is 0 Å². The molecule has 0 radical (unpaired) electrons. The maximum Gasteiger partial charge on any atom is 0.231 e. The van der Waals surface area contributed by atoms with Crippen LogP contribution in [-0.2, 0) is 6.54 Å². The van der Waals surface area contributed by atoms with Gasteiger partial charge in [0.05, 0.1) is 7.11 Å². The highest BCUT2D eigenvalue weighted by Crippen LogP contribution is 2.35. The third-order valence-corrected chi connectivity index (χ3v) is 3.65. The maximum atomic E-state index is 5.73. The number of methoxy groups -OCH3 is 1. The largest absolute Gasteiger partial charge is 0.497 e. The Morgan fingerprint density at radius 2 is 1.83 bits per heavy atom.